The molecule has 0 aliphatic carbocycles. The molecule has 0 spiro atoms. The van der Waals surface area contributed by atoms with Crippen LogP contribution >= 0.6 is 15.9 Å². The van der Waals surface area contributed by atoms with Gasteiger partial charge in [-0.3, -0.25) is 0 Å². The van der Waals surface area contributed by atoms with Gasteiger partial charge in [0.05, 0.1) is 12.6 Å². The van der Waals surface area contributed by atoms with E-state index in [0.29, 0.717) is 0 Å². The lowest BCUT2D eigenvalue weighted by atomic mass is 10.1. The molecule has 0 heterocycles. The molecule has 1 atom stereocenters. The van der Waals surface area contributed by atoms with Crippen molar-refractivity contribution in [3.63, 3.8) is 0 Å². The molecule has 1 aromatic carbocycles. The van der Waals surface area contributed by atoms with Crippen molar-refractivity contribution in [3.05, 3.63) is 44.7 Å². The fourth-order valence-corrected chi connectivity index (χ4v) is 1.17. The number of benzene rings is 1. The number of nitrogens with zero attached hydrogens (tertiary/aromatic N) is 3. The van der Waals surface area contributed by atoms with Gasteiger partial charge in [-0.15, -0.1) is 0 Å². The highest BCUT2D eigenvalue weighted by Gasteiger charge is 2.04. The van der Waals surface area contributed by atoms with E-state index in [1.807, 2.05) is 12.1 Å². The van der Waals surface area contributed by atoms with Crippen molar-refractivity contribution in [1.82, 2.24) is 0 Å². The molecule has 0 amide bonds. The van der Waals surface area contributed by atoms with E-state index in [-0.39, 0.29) is 6.54 Å². The monoisotopic (exact) mass is 241 g/mol. The SMILES string of the molecule is [N-]=[N+]=NC[C@@H](O)c1ccc(Br)cc1. The Morgan fingerprint density at radius 1 is 1.46 bits per heavy atom. The Bertz CT molecular complexity index is 319. The Morgan fingerprint density at radius 2 is 2.08 bits per heavy atom. The molecule has 13 heavy (non-hydrogen) atoms. The minimum Gasteiger partial charge on any atom is -0.388 e. The maximum absolute atomic E-state index is 9.46. The van der Waals surface area contributed by atoms with Crippen molar-refractivity contribution < 1.29 is 5.11 Å². The summed E-state index contributed by atoms with van der Waals surface area (Å²) in [5, 5.41) is 12.8. The second kappa shape index (κ2) is 4.87. The van der Waals surface area contributed by atoms with E-state index >= 15 is 0 Å². The van der Waals surface area contributed by atoms with Crippen LogP contribution in [0.5, 0.6) is 0 Å². The zero-order valence-electron chi connectivity index (χ0n) is 6.76. The van der Waals surface area contributed by atoms with Gasteiger partial charge in [-0.25, -0.2) is 0 Å². The van der Waals surface area contributed by atoms with E-state index in [1.54, 1.807) is 12.1 Å². The zero-order valence-corrected chi connectivity index (χ0v) is 8.35. The normalized spacial score (nSPS) is 11.8. The summed E-state index contributed by atoms with van der Waals surface area (Å²) >= 11 is 3.28. The first kappa shape index (κ1) is 10.1. The molecule has 1 rings (SSSR count). The Hall–Kier alpha value is -1.03. The van der Waals surface area contributed by atoms with Crippen LogP contribution in [0.15, 0.2) is 33.9 Å². The number of azide groups is 1. The van der Waals surface area contributed by atoms with Gasteiger partial charge in [0.2, 0.25) is 0 Å². The Labute approximate surface area is 84.0 Å². The molecule has 0 bridgehead atoms. The standard InChI is InChI=1S/C8H8BrN3O/c9-7-3-1-6(2-4-7)8(13)5-11-12-10/h1-4,8,13H,5H2/t8-/m1/s1. The zero-order chi connectivity index (χ0) is 9.68. The molecule has 0 saturated carbocycles. The highest BCUT2D eigenvalue weighted by Crippen LogP contribution is 2.16. The van der Waals surface area contributed by atoms with Crippen molar-refractivity contribution in [1.29, 1.82) is 0 Å². The summed E-state index contributed by atoms with van der Waals surface area (Å²) in [6.07, 6.45) is -0.719. The van der Waals surface area contributed by atoms with E-state index in [9.17, 15) is 5.11 Å². The Kier molecular flexibility index (Phi) is 3.76. The molecule has 68 valence electrons. The molecule has 1 N–H and O–H groups in total. The predicted molar refractivity (Wildman–Crippen MR) is 53.1 cm³/mol. The average Bonchev–Trinajstić information content (AvgIpc) is 2.15. The number of halogens is 1. The first-order chi connectivity index (χ1) is 6.24. The summed E-state index contributed by atoms with van der Waals surface area (Å²) in [5.41, 5.74) is 8.79. The molecular weight excluding hydrogens is 234 g/mol. The van der Waals surface area contributed by atoms with Gasteiger partial charge in [0.25, 0.3) is 0 Å². The van der Waals surface area contributed by atoms with Gasteiger partial charge in [0.15, 0.2) is 0 Å². The van der Waals surface area contributed by atoms with Crippen molar-refractivity contribution >= 4 is 15.9 Å². The van der Waals surface area contributed by atoms with Crippen LogP contribution in [-0.4, -0.2) is 11.7 Å². The molecule has 4 nitrogen and oxygen atoms in total. The minimum absolute atomic E-state index is 0.0676. The molecule has 0 radical (unpaired) electrons. The van der Waals surface area contributed by atoms with Crippen LogP contribution < -0.4 is 0 Å². The van der Waals surface area contributed by atoms with Gasteiger partial charge in [-0.05, 0) is 23.2 Å². The smallest absolute Gasteiger partial charge is 0.0846 e. The average molecular weight is 242 g/mol. The molecule has 0 aromatic heterocycles. The molecule has 0 fully saturated rings. The summed E-state index contributed by atoms with van der Waals surface area (Å²) in [5.74, 6) is 0. The second-order valence-corrected chi connectivity index (χ2v) is 3.40. The number of aliphatic hydroxyl groups is 1. The van der Waals surface area contributed by atoms with Gasteiger partial charge in [-0.2, -0.15) is 0 Å². The Balaban J connectivity index is 2.71. The topological polar surface area (TPSA) is 69.0 Å². The third-order valence-corrected chi connectivity index (χ3v) is 2.10. The number of aliphatic hydroxyl groups excluding tert-OH is 1. The van der Waals surface area contributed by atoms with Gasteiger partial charge >= 0.3 is 0 Å². The second-order valence-electron chi connectivity index (χ2n) is 2.48. The lowest BCUT2D eigenvalue weighted by molar-refractivity contribution is 0.187. The fourth-order valence-electron chi connectivity index (χ4n) is 0.904. The van der Waals surface area contributed by atoms with E-state index < -0.39 is 6.10 Å². The van der Waals surface area contributed by atoms with E-state index in [0.717, 1.165) is 10.0 Å². The van der Waals surface area contributed by atoms with Crippen molar-refractivity contribution in [2.45, 2.75) is 6.10 Å². The van der Waals surface area contributed by atoms with Crippen LogP contribution in [0.25, 0.3) is 10.4 Å². The summed E-state index contributed by atoms with van der Waals surface area (Å²) in [4.78, 5) is 2.57. The van der Waals surface area contributed by atoms with Crippen LogP contribution in [0.2, 0.25) is 0 Å². The van der Waals surface area contributed by atoms with Gasteiger partial charge in [0, 0.05) is 9.38 Å². The summed E-state index contributed by atoms with van der Waals surface area (Å²) in [7, 11) is 0. The van der Waals surface area contributed by atoms with E-state index in [1.165, 1.54) is 0 Å². The lowest BCUT2D eigenvalue weighted by Gasteiger charge is -2.06. The largest absolute Gasteiger partial charge is 0.388 e. The van der Waals surface area contributed by atoms with Crippen LogP contribution in [0.3, 0.4) is 0 Å². The highest BCUT2D eigenvalue weighted by atomic mass is 79.9. The molecule has 0 aliphatic rings. The van der Waals surface area contributed by atoms with Gasteiger partial charge in [-0.1, -0.05) is 33.2 Å². The number of hydrogen-bond acceptors (Lipinski definition) is 2. The van der Waals surface area contributed by atoms with Crippen molar-refractivity contribution in [2.24, 2.45) is 5.11 Å². The number of hydrogen-bond donors (Lipinski definition) is 1. The minimum atomic E-state index is -0.719. The molecule has 0 saturated heterocycles. The molecular formula is C8H8BrN3O. The van der Waals surface area contributed by atoms with Crippen LogP contribution in [0, 0.1) is 0 Å². The molecule has 5 heteroatoms. The maximum atomic E-state index is 9.46. The van der Waals surface area contributed by atoms with Crippen molar-refractivity contribution in [2.75, 3.05) is 6.54 Å². The maximum Gasteiger partial charge on any atom is 0.0846 e. The first-order valence-corrected chi connectivity index (χ1v) is 4.47. The quantitative estimate of drug-likeness (QED) is 0.494. The third-order valence-electron chi connectivity index (χ3n) is 1.57. The Morgan fingerprint density at radius 3 is 2.62 bits per heavy atom. The third kappa shape index (κ3) is 3.06. The number of rotatable bonds is 3. The van der Waals surface area contributed by atoms with Gasteiger partial charge < -0.3 is 5.11 Å². The lowest BCUT2D eigenvalue weighted by Crippen LogP contribution is -1.99. The summed E-state index contributed by atoms with van der Waals surface area (Å²) < 4.78 is 0.951. The molecule has 1 aromatic rings. The van der Waals surface area contributed by atoms with Crippen LogP contribution in [0.4, 0.5) is 0 Å². The summed E-state index contributed by atoms with van der Waals surface area (Å²) in [6, 6.07) is 7.21. The highest BCUT2D eigenvalue weighted by molar-refractivity contribution is 9.10. The fraction of sp³-hybridized carbons (Fsp3) is 0.250. The van der Waals surface area contributed by atoms with Gasteiger partial charge in [0.1, 0.15) is 0 Å². The first-order valence-electron chi connectivity index (χ1n) is 3.68. The summed E-state index contributed by atoms with van der Waals surface area (Å²) in [6.45, 7) is 0.0676. The van der Waals surface area contributed by atoms with E-state index in [2.05, 4.69) is 26.0 Å². The molecule has 0 aliphatic heterocycles. The van der Waals surface area contributed by atoms with Crippen LogP contribution in [-0.2, 0) is 0 Å². The van der Waals surface area contributed by atoms with E-state index in [4.69, 9.17) is 5.53 Å². The van der Waals surface area contributed by atoms with Crippen molar-refractivity contribution in [3.8, 4) is 0 Å². The molecule has 0 unspecified atom stereocenters. The predicted octanol–water partition coefficient (Wildman–Crippen LogP) is 2.79. The van der Waals surface area contributed by atoms with Crippen LogP contribution in [0.1, 0.15) is 11.7 Å².